The number of aromatic nitrogens is 1. The number of nitrogens with zero attached hydrogens (tertiary/aromatic N) is 1. The second-order valence-electron chi connectivity index (χ2n) is 3.79. The smallest absolute Gasteiger partial charge is 0.108 e. The minimum atomic E-state index is 0.796. The summed E-state index contributed by atoms with van der Waals surface area (Å²) in [6.45, 7) is 0. The predicted molar refractivity (Wildman–Crippen MR) is 63.3 cm³/mol. The average molecular weight is 209 g/mol. The lowest BCUT2D eigenvalue weighted by atomic mass is 10.1. The molecule has 3 aromatic rings. The monoisotopic (exact) mass is 209 g/mol. The maximum absolute atomic E-state index is 5.32. The van der Waals surface area contributed by atoms with Crippen molar-refractivity contribution >= 4 is 10.9 Å². The summed E-state index contributed by atoms with van der Waals surface area (Å²) >= 11 is 0. The molecular weight excluding hydrogens is 198 g/mol. The van der Waals surface area contributed by atoms with Crippen LogP contribution in [-0.2, 0) is 6.42 Å². The van der Waals surface area contributed by atoms with Gasteiger partial charge in [-0.3, -0.25) is 4.98 Å². The van der Waals surface area contributed by atoms with Gasteiger partial charge in [-0.1, -0.05) is 18.2 Å². The van der Waals surface area contributed by atoms with Gasteiger partial charge in [-0.05, 0) is 29.8 Å². The summed E-state index contributed by atoms with van der Waals surface area (Å²) in [6.07, 6.45) is 4.40. The minimum absolute atomic E-state index is 0.796. The zero-order valence-electron chi connectivity index (χ0n) is 8.76. The number of furan rings is 1. The van der Waals surface area contributed by atoms with Gasteiger partial charge in [0.15, 0.2) is 0 Å². The van der Waals surface area contributed by atoms with Gasteiger partial charge in [0.25, 0.3) is 0 Å². The first-order valence-corrected chi connectivity index (χ1v) is 5.28. The number of para-hydroxylation sites is 1. The van der Waals surface area contributed by atoms with Gasteiger partial charge in [0.1, 0.15) is 5.76 Å². The third kappa shape index (κ3) is 1.70. The van der Waals surface area contributed by atoms with E-state index < -0.39 is 0 Å². The Morgan fingerprint density at radius 1 is 1.06 bits per heavy atom. The fraction of sp³-hybridized carbons (Fsp3) is 0.0714. The highest BCUT2D eigenvalue weighted by atomic mass is 16.3. The molecule has 1 aromatic carbocycles. The van der Waals surface area contributed by atoms with Crippen molar-refractivity contribution in [2.75, 3.05) is 0 Å². The Hall–Kier alpha value is -2.09. The molecule has 0 aliphatic rings. The van der Waals surface area contributed by atoms with Crippen LogP contribution in [0.5, 0.6) is 0 Å². The predicted octanol–water partition coefficient (Wildman–Crippen LogP) is 3.42. The quantitative estimate of drug-likeness (QED) is 0.646. The highest BCUT2D eigenvalue weighted by Crippen LogP contribution is 2.15. The van der Waals surface area contributed by atoms with E-state index in [0.29, 0.717) is 0 Å². The molecule has 0 saturated heterocycles. The number of hydrogen-bond donors (Lipinski definition) is 0. The molecule has 0 bridgehead atoms. The summed E-state index contributed by atoms with van der Waals surface area (Å²) in [7, 11) is 0. The maximum atomic E-state index is 5.32. The summed E-state index contributed by atoms with van der Waals surface area (Å²) in [6, 6.07) is 14.2. The van der Waals surface area contributed by atoms with Crippen LogP contribution in [0.1, 0.15) is 11.3 Å². The number of hydrogen-bond acceptors (Lipinski definition) is 2. The fourth-order valence-electron chi connectivity index (χ4n) is 1.83. The van der Waals surface area contributed by atoms with Crippen LogP contribution in [0.2, 0.25) is 0 Å². The van der Waals surface area contributed by atoms with Crippen molar-refractivity contribution in [3.63, 3.8) is 0 Å². The van der Waals surface area contributed by atoms with E-state index in [1.165, 1.54) is 10.9 Å². The molecule has 2 aromatic heterocycles. The van der Waals surface area contributed by atoms with Gasteiger partial charge >= 0.3 is 0 Å². The molecule has 0 saturated carbocycles. The first kappa shape index (κ1) is 9.16. The molecule has 0 fully saturated rings. The van der Waals surface area contributed by atoms with Gasteiger partial charge in [0, 0.05) is 18.0 Å². The van der Waals surface area contributed by atoms with Gasteiger partial charge in [-0.15, -0.1) is 0 Å². The van der Waals surface area contributed by atoms with E-state index in [0.717, 1.165) is 17.7 Å². The van der Waals surface area contributed by atoms with Crippen LogP contribution in [0.25, 0.3) is 10.9 Å². The second kappa shape index (κ2) is 3.81. The SMILES string of the molecule is c1coc(Cc2cnc3ccccc3c2)c1. The van der Waals surface area contributed by atoms with Crippen molar-refractivity contribution in [1.82, 2.24) is 4.98 Å². The molecule has 2 heteroatoms. The third-order valence-corrected chi connectivity index (χ3v) is 2.61. The first-order chi connectivity index (χ1) is 7.92. The van der Waals surface area contributed by atoms with Crippen LogP contribution >= 0.6 is 0 Å². The standard InChI is InChI=1S/C14H11NO/c1-2-6-14-12(4-1)8-11(10-15-14)9-13-5-3-7-16-13/h1-8,10H,9H2. The molecule has 0 N–H and O–H groups in total. The molecule has 0 spiro atoms. The lowest BCUT2D eigenvalue weighted by Crippen LogP contribution is -1.88. The highest BCUT2D eigenvalue weighted by molar-refractivity contribution is 5.78. The molecule has 0 aliphatic carbocycles. The number of fused-ring (bicyclic) bond motifs is 1. The Bertz CT molecular complexity index is 599. The molecule has 0 amide bonds. The largest absolute Gasteiger partial charge is 0.469 e. The summed E-state index contributed by atoms with van der Waals surface area (Å²) in [5.74, 6) is 0.970. The van der Waals surface area contributed by atoms with Crippen molar-refractivity contribution < 1.29 is 4.42 Å². The van der Waals surface area contributed by atoms with E-state index >= 15 is 0 Å². The van der Waals surface area contributed by atoms with E-state index in [4.69, 9.17) is 4.42 Å². The van der Waals surface area contributed by atoms with Gasteiger partial charge in [0.2, 0.25) is 0 Å². The van der Waals surface area contributed by atoms with Crippen LogP contribution in [0.15, 0.2) is 59.3 Å². The number of pyridine rings is 1. The third-order valence-electron chi connectivity index (χ3n) is 2.61. The van der Waals surface area contributed by atoms with Gasteiger partial charge in [0.05, 0.1) is 11.8 Å². The second-order valence-corrected chi connectivity index (χ2v) is 3.79. The molecule has 78 valence electrons. The topological polar surface area (TPSA) is 26.0 Å². The molecule has 0 unspecified atom stereocenters. The molecule has 16 heavy (non-hydrogen) atoms. The van der Waals surface area contributed by atoms with Crippen molar-refractivity contribution in [2.24, 2.45) is 0 Å². The lowest BCUT2D eigenvalue weighted by molar-refractivity contribution is 0.521. The Kier molecular flexibility index (Phi) is 2.18. The summed E-state index contributed by atoms with van der Waals surface area (Å²) in [4.78, 5) is 4.42. The van der Waals surface area contributed by atoms with E-state index in [1.54, 1.807) is 6.26 Å². The van der Waals surface area contributed by atoms with E-state index in [1.807, 2.05) is 36.5 Å². The fourth-order valence-corrected chi connectivity index (χ4v) is 1.83. The van der Waals surface area contributed by atoms with Crippen LogP contribution in [0.4, 0.5) is 0 Å². The van der Waals surface area contributed by atoms with Crippen LogP contribution in [-0.4, -0.2) is 4.98 Å². The van der Waals surface area contributed by atoms with Crippen molar-refractivity contribution in [3.05, 3.63) is 66.2 Å². The summed E-state index contributed by atoms with van der Waals surface area (Å²) in [5, 5.41) is 1.17. The van der Waals surface area contributed by atoms with Gasteiger partial charge in [-0.2, -0.15) is 0 Å². The van der Waals surface area contributed by atoms with Crippen molar-refractivity contribution in [3.8, 4) is 0 Å². The number of benzene rings is 1. The average Bonchev–Trinajstić information content (AvgIpc) is 2.82. The van der Waals surface area contributed by atoms with Crippen molar-refractivity contribution in [1.29, 1.82) is 0 Å². The maximum Gasteiger partial charge on any atom is 0.108 e. The van der Waals surface area contributed by atoms with Crippen LogP contribution in [0, 0.1) is 0 Å². The summed E-state index contributed by atoms with van der Waals surface area (Å²) < 4.78 is 5.32. The zero-order valence-corrected chi connectivity index (χ0v) is 8.76. The molecule has 2 nitrogen and oxygen atoms in total. The number of rotatable bonds is 2. The van der Waals surface area contributed by atoms with Crippen molar-refractivity contribution in [2.45, 2.75) is 6.42 Å². The molecule has 0 atom stereocenters. The molecular formula is C14H11NO. The van der Waals surface area contributed by atoms with Crippen LogP contribution in [0.3, 0.4) is 0 Å². The zero-order chi connectivity index (χ0) is 10.8. The normalized spacial score (nSPS) is 10.8. The molecule has 0 radical (unpaired) electrons. The minimum Gasteiger partial charge on any atom is -0.469 e. The first-order valence-electron chi connectivity index (χ1n) is 5.28. The summed E-state index contributed by atoms with van der Waals surface area (Å²) in [5.41, 5.74) is 2.21. The molecule has 0 aliphatic heterocycles. The van der Waals surface area contributed by atoms with Gasteiger partial charge in [-0.25, -0.2) is 0 Å². The van der Waals surface area contributed by atoms with E-state index in [9.17, 15) is 0 Å². The Morgan fingerprint density at radius 3 is 2.88 bits per heavy atom. The Morgan fingerprint density at radius 2 is 2.00 bits per heavy atom. The molecule has 3 rings (SSSR count). The molecule has 2 heterocycles. The van der Waals surface area contributed by atoms with Crippen LogP contribution < -0.4 is 0 Å². The van der Waals surface area contributed by atoms with Gasteiger partial charge < -0.3 is 4.42 Å². The Balaban J connectivity index is 1.99. The lowest BCUT2D eigenvalue weighted by Gasteiger charge is -2.00. The van der Waals surface area contributed by atoms with E-state index in [-0.39, 0.29) is 0 Å². The Labute approximate surface area is 93.5 Å². The highest BCUT2D eigenvalue weighted by Gasteiger charge is 2.00. The van der Waals surface area contributed by atoms with E-state index in [2.05, 4.69) is 17.1 Å².